The highest BCUT2D eigenvalue weighted by atomic mass is 16.5. The van der Waals surface area contributed by atoms with Crippen LogP contribution >= 0.6 is 0 Å². The Kier molecular flexibility index (Phi) is 3.54. The van der Waals surface area contributed by atoms with E-state index in [1.165, 1.54) is 0 Å². The summed E-state index contributed by atoms with van der Waals surface area (Å²) in [4.78, 5) is 4.32. The number of nitrogens with zero attached hydrogens (tertiary/aromatic N) is 3. The Morgan fingerprint density at radius 2 is 2.05 bits per heavy atom. The van der Waals surface area contributed by atoms with Gasteiger partial charge in [0.15, 0.2) is 0 Å². The average molecular weight is 279 g/mol. The molecular weight excluding hydrogens is 266 g/mol. The van der Waals surface area contributed by atoms with E-state index >= 15 is 0 Å². The van der Waals surface area contributed by atoms with Crippen LogP contribution < -0.4 is 4.74 Å². The first-order chi connectivity index (χ1) is 10.3. The zero-order valence-electron chi connectivity index (χ0n) is 11.2. The number of hydrogen-bond donors (Lipinski definition) is 1. The van der Waals surface area contributed by atoms with Crippen LogP contribution in [0.15, 0.2) is 48.8 Å². The van der Waals surface area contributed by atoms with E-state index < -0.39 is 0 Å². The van der Waals surface area contributed by atoms with Crippen LogP contribution in [0.5, 0.6) is 5.75 Å². The summed E-state index contributed by atoms with van der Waals surface area (Å²) >= 11 is 0. The van der Waals surface area contributed by atoms with Crippen LogP contribution in [0.4, 0.5) is 0 Å². The van der Waals surface area contributed by atoms with Crippen molar-refractivity contribution in [2.24, 2.45) is 0 Å². The predicted molar refractivity (Wildman–Crippen MR) is 77.9 cm³/mol. The molecule has 0 spiro atoms. The molecule has 1 aromatic carbocycles. The van der Waals surface area contributed by atoms with Gasteiger partial charge < -0.3 is 9.84 Å². The van der Waals surface area contributed by atoms with Crippen molar-refractivity contribution in [3.8, 4) is 23.1 Å². The van der Waals surface area contributed by atoms with Gasteiger partial charge in [-0.2, -0.15) is 5.26 Å². The van der Waals surface area contributed by atoms with Crippen molar-refractivity contribution in [1.29, 1.82) is 5.26 Å². The first kappa shape index (κ1) is 13.2. The van der Waals surface area contributed by atoms with Crippen LogP contribution in [-0.2, 0) is 0 Å². The first-order valence-electron chi connectivity index (χ1n) is 6.53. The quantitative estimate of drug-likeness (QED) is 0.795. The third kappa shape index (κ3) is 2.57. The standard InChI is InChI=1S/C16H13N3O2/c17-10-12-5-6-19-15(11-18-16(19)9-12)13-1-3-14(4-2-13)21-8-7-20/h1-6,9,11,20H,7-8H2. The molecule has 0 saturated carbocycles. The second kappa shape index (κ2) is 5.65. The number of ether oxygens (including phenoxy) is 1. The molecule has 0 aliphatic rings. The molecule has 104 valence electrons. The number of aliphatic hydroxyl groups is 1. The Hall–Kier alpha value is -2.84. The molecule has 0 aliphatic carbocycles. The lowest BCUT2D eigenvalue weighted by Crippen LogP contribution is -2.01. The van der Waals surface area contributed by atoms with Crippen LogP contribution in [0.1, 0.15) is 5.56 Å². The van der Waals surface area contributed by atoms with Crippen LogP contribution in [0.2, 0.25) is 0 Å². The normalized spacial score (nSPS) is 10.5. The van der Waals surface area contributed by atoms with Gasteiger partial charge in [0, 0.05) is 11.8 Å². The van der Waals surface area contributed by atoms with Gasteiger partial charge in [-0.15, -0.1) is 0 Å². The zero-order chi connectivity index (χ0) is 14.7. The Morgan fingerprint density at radius 3 is 2.76 bits per heavy atom. The van der Waals surface area contributed by atoms with Gasteiger partial charge in [-0.3, -0.25) is 4.40 Å². The molecule has 0 saturated heterocycles. The maximum atomic E-state index is 8.90. The van der Waals surface area contributed by atoms with E-state index in [0.29, 0.717) is 11.3 Å². The van der Waals surface area contributed by atoms with Crippen molar-refractivity contribution in [1.82, 2.24) is 9.38 Å². The molecule has 0 radical (unpaired) electrons. The minimum Gasteiger partial charge on any atom is -0.491 e. The highest BCUT2D eigenvalue weighted by molar-refractivity contribution is 5.65. The Bertz CT molecular complexity index is 800. The summed E-state index contributed by atoms with van der Waals surface area (Å²) in [6.45, 7) is 0.280. The smallest absolute Gasteiger partial charge is 0.138 e. The molecule has 21 heavy (non-hydrogen) atoms. The van der Waals surface area contributed by atoms with E-state index in [1.807, 2.05) is 34.9 Å². The molecular formula is C16H13N3O2. The molecule has 1 N–H and O–H groups in total. The van der Waals surface area contributed by atoms with Gasteiger partial charge in [0.05, 0.1) is 30.1 Å². The van der Waals surface area contributed by atoms with E-state index in [0.717, 1.165) is 16.9 Å². The lowest BCUT2D eigenvalue weighted by molar-refractivity contribution is 0.201. The maximum absolute atomic E-state index is 8.90. The lowest BCUT2D eigenvalue weighted by atomic mass is 10.1. The number of aromatic nitrogens is 2. The molecule has 0 fully saturated rings. The van der Waals surface area contributed by atoms with Crippen molar-refractivity contribution in [2.45, 2.75) is 0 Å². The summed E-state index contributed by atoms with van der Waals surface area (Å²) in [5.74, 6) is 0.716. The van der Waals surface area contributed by atoms with Crippen molar-refractivity contribution >= 4 is 5.65 Å². The van der Waals surface area contributed by atoms with Gasteiger partial charge in [0.25, 0.3) is 0 Å². The highest BCUT2D eigenvalue weighted by Crippen LogP contribution is 2.23. The first-order valence-corrected chi connectivity index (χ1v) is 6.53. The van der Waals surface area contributed by atoms with Crippen molar-refractivity contribution in [3.63, 3.8) is 0 Å². The van der Waals surface area contributed by atoms with Gasteiger partial charge in [0.2, 0.25) is 0 Å². The van der Waals surface area contributed by atoms with Crippen molar-refractivity contribution in [2.75, 3.05) is 13.2 Å². The fourth-order valence-electron chi connectivity index (χ4n) is 2.15. The van der Waals surface area contributed by atoms with Crippen LogP contribution in [0, 0.1) is 11.3 Å². The van der Waals surface area contributed by atoms with Crippen molar-refractivity contribution in [3.05, 3.63) is 54.4 Å². The summed E-state index contributed by atoms with van der Waals surface area (Å²) in [5.41, 5.74) is 3.28. The van der Waals surface area contributed by atoms with E-state index in [2.05, 4.69) is 11.1 Å². The van der Waals surface area contributed by atoms with E-state index in [1.54, 1.807) is 18.3 Å². The molecule has 3 rings (SSSR count). The fourth-order valence-corrected chi connectivity index (χ4v) is 2.15. The van der Waals surface area contributed by atoms with E-state index in [9.17, 15) is 0 Å². The summed E-state index contributed by atoms with van der Waals surface area (Å²) in [6, 6.07) is 13.2. The summed E-state index contributed by atoms with van der Waals surface area (Å²) in [6.07, 6.45) is 3.62. The molecule has 5 heteroatoms. The Labute approximate surface area is 121 Å². The van der Waals surface area contributed by atoms with Crippen LogP contribution in [-0.4, -0.2) is 27.7 Å². The molecule has 0 bridgehead atoms. The van der Waals surface area contributed by atoms with Gasteiger partial charge in [0.1, 0.15) is 18.0 Å². The number of benzene rings is 1. The minimum atomic E-state index is -0.00373. The number of fused-ring (bicyclic) bond motifs is 1. The second-order valence-corrected chi connectivity index (χ2v) is 4.50. The summed E-state index contributed by atoms with van der Waals surface area (Å²) in [7, 11) is 0. The fraction of sp³-hybridized carbons (Fsp3) is 0.125. The zero-order valence-corrected chi connectivity index (χ0v) is 11.2. The third-order valence-electron chi connectivity index (χ3n) is 3.15. The number of pyridine rings is 1. The SMILES string of the molecule is N#Cc1ccn2c(-c3ccc(OCCO)cc3)cnc2c1. The molecule has 0 unspecified atom stereocenters. The number of imidazole rings is 1. The molecule has 5 nitrogen and oxygen atoms in total. The molecule has 2 heterocycles. The number of nitriles is 1. The predicted octanol–water partition coefficient (Wildman–Crippen LogP) is 2.24. The van der Waals surface area contributed by atoms with E-state index in [-0.39, 0.29) is 13.2 Å². The van der Waals surface area contributed by atoms with Gasteiger partial charge in [-0.05, 0) is 36.4 Å². The minimum absolute atomic E-state index is 0.00373. The average Bonchev–Trinajstić information content (AvgIpc) is 2.96. The van der Waals surface area contributed by atoms with Crippen LogP contribution in [0.25, 0.3) is 16.9 Å². The van der Waals surface area contributed by atoms with Crippen LogP contribution in [0.3, 0.4) is 0 Å². The van der Waals surface area contributed by atoms with Gasteiger partial charge in [-0.1, -0.05) is 0 Å². The molecule has 0 amide bonds. The largest absolute Gasteiger partial charge is 0.491 e. The van der Waals surface area contributed by atoms with E-state index in [4.69, 9.17) is 15.1 Å². The summed E-state index contributed by atoms with van der Waals surface area (Å²) < 4.78 is 7.27. The number of hydrogen-bond acceptors (Lipinski definition) is 4. The molecule has 3 aromatic rings. The maximum Gasteiger partial charge on any atom is 0.138 e. The molecule has 0 atom stereocenters. The summed E-state index contributed by atoms with van der Waals surface area (Å²) in [5, 5.41) is 17.6. The monoisotopic (exact) mass is 279 g/mol. The highest BCUT2D eigenvalue weighted by Gasteiger charge is 2.06. The number of rotatable bonds is 4. The van der Waals surface area contributed by atoms with Crippen molar-refractivity contribution < 1.29 is 9.84 Å². The molecule has 2 aromatic heterocycles. The Morgan fingerprint density at radius 1 is 1.24 bits per heavy atom. The topological polar surface area (TPSA) is 70.5 Å². The third-order valence-corrected chi connectivity index (χ3v) is 3.15. The second-order valence-electron chi connectivity index (χ2n) is 4.50. The van der Waals surface area contributed by atoms with Gasteiger partial charge in [-0.25, -0.2) is 4.98 Å². The molecule has 0 aliphatic heterocycles. The number of aliphatic hydroxyl groups excluding tert-OH is 1. The Balaban J connectivity index is 1.95. The van der Waals surface area contributed by atoms with Gasteiger partial charge >= 0.3 is 0 Å². The lowest BCUT2D eigenvalue weighted by Gasteiger charge is -2.06.